The molecule has 0 aliphatic heterocycles. The number of ether oxygens (including phenoxy) is 1. The molecule has 3 nitrogen and oxygen atoms in total. The number of carboxylic acid groups (broad SMARTS) is 1. The summed E-state index contributed by atoms with van der Waals surface area (Å²) in [6.45, 7) is 3.65. The van der Waals surface area contributed by atoms with Gasteiger partial charge in [-0.3, -0.25) is 0 Å². The lowest BCUT2D eigenvalue weighted by Crippen LogP contribution is -2.29. The molecule has 3 heteroatoms. The van der Waals surface area contributed by atoms with Crippen LogP contribution in [-0.4, -0.2) is 23.3 Å². The van der Waals surface area contributed by atoms with E-state index in [0.29, 0.717) is 0 Å². The van der Waals surface area contributed by atoms with E-state index in [1.165, 1.54) is 5.57 Å². The largest absolute Gasteiger partial charge is 0.480 e. The van der Waals surface area contributed by atoms with Crippen molar-refractivity contribution in [1.29, 1.82) is 0 Å². The van der Waals surface area contributed by atoms with E-state index in [1.54, 1.807) is 0 Å². The number of rotatable bonds is 3. The quantitative estimate of drug-likeness (QED) is 0.723. The second-order valence-electron chi connectivity index (χ2n) is 3.48. The van der Waals surface area contributed by atoms with E-state index in [1.807, 2.05) is 32.1 Å². The van der Waals surface area contributed by atoms with Crippen LogP contribution in [0.2, 0.25) is 0 Å². The number of allylic oxidation sites excluding steroid dienone is 2. The fraction of sp³-hybridized carbons (Fsp3) is 0.500. The first kappa shape index (κ1) is 9.99. The summed E-state index contributed by atoms with van der Waals surface area (Å²) in [5.74, 6) is -0.930. The molecule has 0 aromatic carbocycles. The van der Waals surface area contributed by atoms with Gasteiger partial charge in [0.25, 0.3) is 0 Å². The van der Waals surface area contributed by atoms with Crippen molar-refractivity contribution in [3.8, 4) is 0 Å². The minimum atomic E-state index is -0.930. The van der Waals surface area contributed by atoms with Crippen molar-refractivity contribution in [3.63, 3.8) is 0 Å². The fourth-order valence-corrected chi connectivity index (χ4v) is 1.14. The summed E-state index contributed by atoms with van der Waals surface area (Å²) in [5, 5.41) is 8.45. The number of hydrogen-bond donors (Lipinski definition) is 1. The van der Waals surface area contributed by atoms with Gasteiger partial charge in [-0.25, -0.2) is 4.79 Å². The number of hydrogen-bond acceptors (Lipinski definition) is 2. The van der Waals surface area contributed by atoms with Crippen molar-refractivity contribution >= 4 is 5.97 Å². The topological polar surface area (TPSA) is 46.5 Å². The lowest BCUT2D eigenvalue weighted by molar-refractivity contribution is -0.146. The van der Waals surface area contributed by atoms with Gasteiger partial charge in [-0.1, -0.05) is 23.8 Å². The molecule has 1 atom stereocenters. The van der Waals surface area contributed by atoms with Crippen LogP contribution in [-0.2, 0) is 9.53 Å². The normalized spacial score (nSPS) is 27.1. The van der Waals surface area contributed by atoms with Crippen molar-refractivity contribution < 1.29 is 14.6 Å². The summed E-state index contributed by atoms with van der Waals surface area (Å²) < 4.78 is 5.25. The van der Waals surface area contributed by atoms with E-state index < -0.39 is 11.6 Å². The average molecular weight is 182 g/mol. The van der Waals surface area contributed by atoms with Crippen molar-refractivity contribution in [2.24, 2.45) is 0 Å². The Labute approximate surface area is 77.7 Å². The molecule has 0 radical (unpaired) electrons. The van der Waals surface area contributed by atoms with Crippen LogP contribution in [0.25, 0.3) is 0 Å². The fourth-order valence-electron chi connectivity index (χ4n) is 1.14. The standard InChI is InChI=1S/C10H14O3/c1-8-3-5-10(2,6-4-8)13-7-9(11)12/h3-5H,6-7H2,1-2H3,(H,11,12). The van der Waals surface area contributed by atoms with Crippen LogP contribution in [0.3, 0.4) is 0 Å². The third-order valence-electron chi connectivity index (χ3n) is 2.05. The Morgan fingerprint density at radius 3 is 2.92 bits per heavy atom. The molecule has 1 N–H and O–H groups in total. The number of aliphatic carboxylic acids is 1. The van der Waals surface area contributed by atoms with Gasteiger partial charge in [-0.05, 0) is 20.3 Å². The van der Waals surface area contributed by atoms with Gasteiger partial charge >= 0.3 is 5.97 Å². The molecular weight excluding hydrogens is 168 g/mol. The van der Waals surface area contributed by atoms with Crippen molar-refractivity contribution in [3.05, 3.63) is 23.8 Å². The minimum Gasteiger partial charge on any atom is -0.480 e. The van der Waals surface area contributed by atoms with Gasteiger partial charge in [0, 0.05) is 0 Å². The highest BCUT2D eigenvalue weighted by Gasteiger charge is 2.23. The summed E-state index contributed by atoms with van der Waals surface area (Å²) in [6.07, 6.45) is 6.64. The zero-order valence-corrected chi connectivity index (χ0v) is 7.91. The van der Waals surface area contributed by atoms with Crippen LogP contribution in [0.15, 0.2) is 23.8 Å². The molecule has 0 spiro atoms. The maximum absolute atomic E-state index is 10.3. The van der Waals surface area contributed by atoms with E-state index in [-0.39, 0.29) is 6.61 Å². The van der Waals surface area contributed by atoms with E-state index >= 15 is 0 Å². The molecule has 1 aliphatic rings. The second-order valence-corrected chi connectivity index (χ2v) is 3.48. The highest BCUT2D eigenvalue weighted by atomic mass is 16.5. The lowest BCUT2D eigenvalue weighted by atomic mass is 9.94. The maximum Gasteiger partial charge on any atom is 0.329 e. The zero-order valence-electron chi connectivity index (χ0n) is 7.91. The Morgan fingerprint density at radius 1 is 1.77 bits per heavy atom. The zero-order chi connectivity index (χ0) is 9.90. The van der Waals surface area contributed by atoms with Crippen molar-refractivity contribution in [2.75, 3.05) is 6.61 Å². The molecule has 72 valence electrons. The van der Waals surface area contributed by atoms with Crippen LogP contribution >= 0.6 is 0 Å². The maximum atomic E-state index is 10.3. The van der Waals surface area contributed by atoms with Crippen LogP contribution in [0, 0.1) is 0 Å². The van der Waals surface area contributed by atoms with E-state index in [4.69, 9.17) is 9.84 Å². The Morgan fingerprint density at radius 2 is 2.46 bits per heavy atom. The van der Waals surface area contributed by atoms with Crippen molar-refractivity contribution in [1.82, 2.24) is 0 Å². The molecule has 0 aromatic rings. The third kappa shape index (κ3) is 3.03. The second kappa shape index (κ2) is 3.75. The van der Waals surface area contributed by atoms with Crippen LogP contribution in [0.4, 0.5) is 0 Å². The lowest BCUT2D eigenvalue weighted by Gasteiger charge is -2.27. The van der Waals surface area contributed by atoms with Crippen LogP contribution in [0.1, 0.15) is 20.3 Å². The van der Waals surface area contributed by atoms with Gasteiger partial charge in [0.1, 0.15) is 6.61 Å². The molecule has 0 saturated carbocycles. The molecule has 0 saturated heterocycles. The van der Waals surface area contributed by atoms with Gasteiger partial charge in [0.15, 0.2) is 0 Å². The van der Waals surface area contributed by atoms with Crippen LogP contribution < -0.4 is 0 Å². The molecule has 1 aliphatic carbocycles. The molecule has 0 amide bonds. The summed E-state index contributed by atoms with van der Waals surface area (Å²) in [4.78, 5) is 10.3. The number of carboxylic acids is 1. The van der Waals surface area contributed by atoms with Gasteiger partial charge in [0.2, 0.25) is 0 Å². The predicted octanol–water partition coefficient (Wildman–Crippen LogP) is 1.75. The summed E-state index contributed by atoms with van der Waals surface area (Å²) >= 11 is 0. The first-order chi connectivity index (χ1) is 6.02. The van der Waals surface area contributed by atoms with E-state index in [9.17, 15) is 4.79 Å². The summed E-state index contributed by atoms with van der Waals surface area (Å²) in [5.41, 5.74) is 0.745. The monoisotopic (exact) mass is 182 g/mol. The molecule has 1 rings (SSSR count). The van der Waals surface area contributed by atoms with Crippen LogP contribution in [0.5, 0.6) is 0 Å². The van der Waals surface area contributed by atoms with E-state index in [0.717, 1.165) is 6.42 Å². The molecular formula is C10H14O3. The Bertz CT molecular complexity index is 265. The molecule has 1 unspecified atom stereocenters. The Kier molecular flexibility index (Phi) is 2.88. The predicted molar refractivity (Wildman–Crippen MR) is 49.5 cm³/mol. The van der Waals surface area contributed by atoms with Gasteiger partial charge in [-0.2, -0.15) is 0 Å². The van der Waals surface area contributed by atoms with Gasteiger partial charge in [-0.15, -0.1) is 0 Å². The Balaban J connectivity index is 2.50. The summed E-state index contributed by atoms with van der Waals surface area (Å²) in [7, 11) is 0. The molecule has 0 bridgehead atoms. The minimum absolute atomic E-state index is 0.242. The molecule has 0 aromatic heterocycles. The average Bonchev–Trinajstić information content (AvgIpc) is 2.08. The van der Waals surface area contributed by atoms with Crippen molar-refractivity contribution in [2.45, 2.75) is 25.9 Å². The van der Waals surface area contributed by atoms with Gasteiger partial charge < -0.3 is 9.84 Å². The smallest absolute Gasteiger partial charge is 0.329 e. The Hall–Kier alpha value is -1.09. The first-order valence-electron chi connectivity index (χ1n) is 4.24. The number of carbonyl (C=O) groups is 1. The highest BCUT2D eigenvalue weighted by molar-refractivity contribution is 5.68. The molecule has 0 heterocycles. The van der Waals surface area contributed by atoms with E-state index in [2.05, 4.69) is 0 Å². The molecule has 13 heavy (non-hydrogen) atoms. The molecule has 0 fully saturated rings. The summed E-state index contributed by atoms with van der Waals surface area (Å²) in [6, 6.07) is 0. The SMILES string of the molecule is CC1=CCC(C)(OCC(=O)O)C=C1. The van der Waals surface area contributed by atoms with Gasteiger partial charge in [0.05, 0.1) is 5.60 Å². The highest BCUT2D eigenvalue weighted by Crippen LogP contribution is 2.23. The first-order valence-corrected chi connectivity index (χ1v) is 4.24. The third-order valence-corrected chi connectivity index (χ3v) is 2.05.